The Kier molecular flexibility index (Phi) is 2.67. The average Bonchev–Trinajstić information content (AvgIpc) is 2.66. The minimum Gasteiger partial charge on any atom is -0.398 e. The van der Waals surface area contributed by atoms with Crippen molar-refractivity contribution in [2.24, 2.45) is 0 Å². The van der Waals surface area contributed by atoms with E-state index in [0.29, 0.717) is 0 Å². The van der Waals surface area contributed by atoms with Gasteiger partial charge in [0.2, 0.25) is 0 Å². The molecule has 0 fully saturated rings. The Morgan fingerprint density at radius 1 is 1.57 bits per heavy atom. The number of nitrogens with two attached hydrogens (primary N) is 1. The van der Waals surface area contributed by atoms with Crippen LogP contribution >= 0.6 is 23.1 Å². The molecule has 0 saturated carbocycles. The quantitative estimate of drug-likeness (QED) is 0.610. The van der Waals surface area contributed by atoms with Crippen LogP contribution in [0.4, 0.5) is 5.69 Å². The first-order valence-electron chi connectivity index (χ1n) is 4.21. The van der Waals surface area contributed by atoms with Crippen molar-refractivity contribution in [3.05, 3.63) is 23.1 Å². The molecule has 0 radical (unpaired) electrons. The molecule has 4 heteroatoms. The number of thiophene rings is 1. The third kappa shape index (κ3) is 1.39. The highest BCUT2D eigenvalue weighted by Crippen LogP contribution is 2.37. The first-order valence-corrected chi connectivity index (χ1v) is 6.31. The van der Waals surface area contributed by atoms with Crippen molar-refractivity contribution in [1.82, 2.24) is 0 Å². The summed E-state index contributed by atoms with van der Waals surface area (Å²) in [6.07, 6.45) is 2.02. The summed E-state index contributed by atoms with van der Waals surface area (Å²) in [5.74, 6) is 0. The van der Waals surface area contributed by atoms with Crippen molar-refractivity contribution in [3.63, 3.8) is 0 Å². The number of thioether (sulfide) groups is 1. The summed E-state index contributed by atoms with van der Waals surface area (Å²) in [5.41, 5.74) is 7.56. The van der Waals surface area contributed by atoms with Crippen molar-refractivity contribution in [2.45, 2.75) is 11.5 Å². The topological polar surface area (TPSA) is 46.2 Å². The first kappa shape index (κ1) is 9.83. The van der Waals surface area contributed by atoms with Gasteiger partial charge in [-0.3, -0.25) is 0 Å². The molecule has 0 saturated heterocycles. The summed E-state index contributed by atoms with van der Waals surface area (Å²) < 4.78 is 1.18. The van der Waals surface area contributed by atoms with Crippen LogP contribution in [0.15, 0.2) is 22.4 Å². The maximum absolute atomic E-state index is 9.21. The van der Waals surface area contributed by atoms with Crippen molar-refractivity contribution >= 4 is 38.9 Å². The minimum absolute atomic E-state index is 0.0498. The van der Waals surface area contributed by atoms with Gasteiger partial charge in [-0.2, -0.15) is 0 Å². The number of nitrogen functional groups attached to an aromatic ring is 1. The van der Waals surface area contributed by atoms with Gasteiger partial charge in [-0.05, 0) is 29.3 Å². The highest BCUT2D eigenvalue weighted by molar-refractivity contribution is 7.99. The second-order valence-corrected chi connectivity index (χ2v) is 4.71. The van der Waals surface area contributed by atoms with E-state index in [0.717, 1.165) is 21.5 Å². The standard InChI is InChI=1S/C10H11NOS2/c1-13-9-6(5-12)4-8(11)7-2-3-14-10(7)9/h2-4,12H,5,11H2,1H3. The molecule has 0 amide bonds. The van der Waals surface area contributed by atoms with Crippen LogP contribution in [-0.2, 0) is 6.61 Å². The molecule has 0 aliphatic heterocycles. The Labute approximate surface area is 90.7 Å². The largest absolute Gasteiger partial charge is 0.398 e. The number of hydrogen-bond donors (Lipinski definition) is 2. The normalized spacial score (nSPS) is 11.0. The van der Waals surface area contributed by atoms with Crippen LogP contribution in [0.1, 0.15) is 5.56 Å². The lowest BCUT2D eigenvalue weighted by Crippen LogP contribution is -1.92. The monoisotopic (exact) mass is 225 g/mol. The molecule has 14 heavy (non-hydrogen) atoms. The van der Waals surface area contributed by atoms with E-state index in [2.05, 4.69) is 0 Å². The number of fused-ring (bicyclic) bond motifs is 1. The minimum atomic E-state index is 0.0498. The van der Waals surface area contributed by atoms with E-state index in [-0.39, 0.29) is 6.61 Å². The second kappa shape index (κ2) is 3.81. The van der Waals surface area contributed by atoms with Gasteiger partial charge in [-0.25, -0.2) is 0 Å². The van der Waals surface area contributed by atoms with Crippen LogP contribution in [0.3, 0.4) is 0 Å². The van der Waals surface area contributed by atoms with E-state index in [1.54, 1.807) is 23.1 Å². The van der Waals surface area contributed by atoms with E-state index in [9.17, 15) is 5.11 Å². The second-order valence-electron chi connectivity index (χ2n) is 2.98. The first-order chi connectivity index (χ1) is 6.77. The summed E-state index contributed by atoms with van der Waals surface area (Å²) >= 11 is 3.33. The average molecular weight is 225 g/mol. The number of anilines is 1. The molecule has 0 aliphatic carbocycles. The highest BCUT2D eigenvalue weighted by Gasteiger charge is 2.10. The molecule has 0 atom stereocenters. The van der Waals surface area contributed by atoms with Gasteiger partial charge in [0.1, 0.15) is 0 Å². The van der Waals surface area contributed by atoms with E-state index >= 15 is 0 Å². The van der Waals surface area contributed by atoms with Gasteiger partial charge in [-0.1, -0.05) is 0 Å². The van der Waals surface area contributed by atoms with Gasteiger partial charge in [0.25, 0.3) is 0 Å². The lowest BCUT2D eigenvalue weighted by atomic mass is 10.1. The Morgan fingerprint density at radius 2 is 2.36 bits per heavy atom. The fourth-order valence-corrected chi connectivity index (χ4v) is 3.50. The summed E-state index contributed by atoms with van der Waals surface area (Å²) in [6.45, 7) is 0.0498. The van der Waals surface area contributed by atoms with Crippen LogP contribution in [-0.4, -0.2) is 11.4 Å². The lowest BCUT2D eigenvalue weighted by Gasteiger charge is -2.08. The molecule has 74 valence electrons. The third-order valence-corrected chi connectivity index (χ3v) is 4.11. The van der Waals surface area contributed by atoms with E-state index in [4.69, 9.17) is 5.73 Å². The van der Waals surface area contributed by atoms with Crippen LogP contribution in [0.2, 0.25) is 0 Å². The SMILES string of the molecule is CSc1c(CO)cc(N)c2ccsc12. The molecule has 2 rings (SSSR count). The van der Waals surface area contributed by atoms with Crippen LogP contribution in [0.5, 0.6) is 0 Å². The van der Waals surface area contributed by atoms with Gasteiger partial charge < -0.3 is 10.8 Å². The number of aliphatic hydroxyl groups is 1. The third-order valence-electron chi connectivity index (χ3n) is 2.18. The highest BCUT2D eigenvalue weighted by atomic mass is 32.2. The maximum Gasteiger partial charge on any atom is 0.0694 e. The Balaban J connectivity index is 2.82. The Morgan fingerprint density at radius 3 is 3.00 bits per heavy atom. The van der Waals surface area contributed by atoms with E-state index < -0.39 is 0 Å². The van der Waals surface area contributed by atoms with Crippen molar-refractivity contribution in [3.8, 4) is 0 Å². The molecule has 1 aromatic carbocycles. The molecule has 0 unspecified atom stereocenters. The molecule has 2 nitrogen and oxygen atoms in total. The Bertz CT molecular complexity index is 464. The zero-order chi connectivity index (χ0) is 10.1. The van der Waals surface area contributed by atoms with Crippen molar-refractivity contribution in [2.75, 3.05) is 12.0 Å². The molecule has 1 heterocycles. The van der Waals surface area contributed by atoms with Crippen LogP contribution in [0.25, 0.3) is 10.1 Å². The number of hydrogen-bond acceptors (Lipinski definition) is 4. The molecule has 1 aromatic heterocycles. The fourth-order valence-electron chi connectivity index (χ4n) is 1.53. The van der Waals surface area contributed by atoms with Gasteiger partial charge >= 0.3 is 0 Å². The van der Waals surface area contributed by atoms with Gasteiger partial charge in [0.15, 0.2) is 0 Å². The number of rotatable bonds is 2. The molecule has 0 spiro atoms. The van der Waals surface area contributed by atoms with Crippen molar-refractivity contribution < 1.29 is 5.11 Å². The Hall–Kier alpha value is -0.710. The van der Waals surface area contributed by atoms with E-state index in [1.807, 2.05) is 23.8 Å². The molecule has 3 N–H and O–H groups in total. The summed E-state index contributed by atoms with van der Waals surface area (Å²) in [6, 6.07) is 3.89. The van der Waals surface area contributed by atoms with Gasteiger partial charge in [0, 0.05) is 16.0 Å². The molecule has 0 bridgehead atoms. The summed E-state index contributed by atoms with van der Waals surface area (Å²) in [4.78, 5) is 1.15. The molecular formula is C10H11NOS2. The van der Waals surface area contributed by atoms with Crippen molar-refractivity contribution in [1.29, 1.82) is 0 Å². The fraction of sp³-hybridized carbons (Fsp3) is 0.200. The van der Waals surface area contributed by atoms with Gasteiger partial charge in [0.05, 0.1) is 11.3 Å². The molecule has 2 aromatic rings. The predicted octanol–water partition coefficient (Wildman–Crippen LogP) is 2.70. The zero-order valence-corrected chi connectivity index (χ0v) is 9.41. The van der Waals surface area contributed by atoms with E-state index in [1.165, 1.54) is 4.70 Å². The molecular weight excluding hydrogens is 214 g/mol. The smallest absolute Gasteiger partial charge is 0.0694 e. The zero-order valence-electron chi connectivity index (χ0n) is 7.78. The van der Waals surface area contributed by atoms with Crippen LogP contribution in [0, 0.1) is 0 Å². The number of aliphatic hydroxyl groups excluding tert-OH is 1. The lowest BCUT2D eigenvalue weighted by molar-refractivity contribution is 0.279. The van der Waals surface area contributed by atoms with Gasteiger partial charge in [-0.15, -0.1) is 23.1 Å². The summed E-state index contributed by atoms with van der Waals surface area (Å²) in [7, 11) is 0. The molecule has 0 aliphatic rings. The summed E-state index contributed by atoms with van der Waals surface area (Å²) in [5, 5.41) is 12.3. The maximum atomic E-state index is 9.21. The predicted molar refractivity (Wildman–Crippen MR) is 63.9 cm³/mol. The number of benzene rings is 1. The van der Waals surface area contributed by atoms with Crippen LogP contribution < -0.4 is 5.73 Å².